The van der Waals surface area contributed by atoms with Crippen molar-refractivity contribution >= 4 is 23.3 Å². The number of nitrogens with one attached hydrogen (secondary N) is 1. The Morgan fingerprint density at radius 2 is 1.95 bits per heavy atom. The first kappa shape index (κ1) is 15.3. The van der Waals surface area contributed by atoms with Crippen molar-refractivity contribution in [2.75, 3.05) is 11.9 Å². The predicted octanol–water partition coefficient (Wildman–Crippen LogP) is 4.27. The molecule has 0 amide bonds. The number of benzene rings is 2. The normalized spacial score (nSPS) is 10.2. The van der Waals surface area contributed by atoms with Gasteiger partial charge in [0.05, 0.1) is 12.2 Å². The maximum absolute atomic E-state index is 13.6. The summed E-state index contributed by atoms with van der Waals surface area (Å²) in [6, 6.07) is 11.4. The van der Waals surface area contributed by atoms with E-state index in [4.69, 9.17) is 16.3 Å². The average molecular weight is 308 g/mol. The van der Waals surface area contributed by atoms with Gasteiger partial charge < -0.3 is 10.1 Å². The first-order valence-electron chi connectivity index (χ1n) is 6.55. The zero-order valence-electron chi connectivity index (χ0n) is 11.5. The molecule has 2 aromatic carbocycles. The standard InChI is InChI=1S/C16H15ClFNO2/c1-2-21-16(20)11-4-7-14(8-5-11)19-10-12-3-6-13(17)9-15(12)18/h3-9,19H,2,10H2,1H3. The zero-order valence-corrected chi connectivity index (χ0v) is 12.3. The van der Waals surface area contributed by atoms with E-state index in [9.17, 15) is 9.18 Å². The van der Waals surface area contributed by atoms with Gasteiger partial charge in [-0.3, -0.25) is 0 Å². The Balaban J connectivity index is 1.99. The second-order valence-electron chi connectivity index (χ2n) is 4.39. The summed E-state index contributed by atoms with van der Waals surface area (Å²) in [5.41, 5.74) is 1.80. The number of carbonyl (C=O) groups excluding carboxylic acids is 1. The second-order valence-corrected chi connectivity index (χ2v) is 4.82. The van der Waals surface area contributed by atoms with Crippen LogP contribution in [0.4, 0.5) is 10.1 Å². The SMILES string of the molecule is CCOC(=O)c1ccc(NCc2ccc(Cl)cc2F)cc1. The number of rotatable bonds is 5. The van der Waals surface area contributed by atoms with Crippen molar-refractivity contribution in [2.45, 2.75) is 13.5 Å². The molecule has 1 N–H and O–H groups in total. The van der Waals surface area contributed by atoms with Crippen LogP contribution in [-0.2, 0) is 11.3 Å². The monoisotopic (exact) mass is 307 g/mol. The molecule has 0 fully saturated rings. The van der Waals surface area contributed by atoms with E-state index in [1.165, 1.54) is 6.07 Å². The quantitative estimate of drug-likeness (QED) is 0.838. The molecule has 0 saturated carbocycles. The number of carbonyl (C=O) groups is 1. The molecule has 21 heavy (non-hydrogen) atoms. The molecule has 2 aromatic rings. The summed E-state index contributed by atoms with van der Waals surface area (Å²) in [6.07, 6.45) is 0. The summed E-state index contributed by atoms with van der Waals surface area (Å²) in [7, 11) is 0. The number of anilines is 1. The maximum atomic E-state index is 13.6. The summed E-state index contributed by atoms with van der Waals surface area (Å²) in [5.74, 6) is -0.703. The van der Waals surface area contributed by atoms with E-state index < -0.39 is 0 Å². The van der Waals surface area contributed by atoms with Gasteiger partial charge in [0.2, 0.25) is 0 Å². The summed E-state index contributed by atoms with van der Waals surface area (Å²) in [5, 5.41) is 3.45. The fourth-order valence-electron chi connectivity index (χ4n) is 1.80. The Morgan fingerprint density at radius 3 is 2.57 bits per heavy atom. The van der Waals surface area contributed by atoms with Gasteiger partial charge in [-0.2, -0.15) is 0 Å². The molecule has 3 nitrogen and oxygen atoms in total. The third-order valence-electron chi connectivity index (χ3n) is 2.89. The number of hydrogen-bond acceptors (Lipinski definition) is 3. The van der Waals surface area contributed by atoms with E-state index in [1.54, 1.807) is 43.3 Å². The molecule has 0 unspecified atom stereocenters. The van der Waals surface area contributed by atoms with Crippen molar-refractivity contribution in [3.05, 3.63) is 64.4 Å². The van der Waals surface area contributed by atoms with Crippen LogP contribution in [0.5, 0.6) is 0 Å². The highest BCUT2D eigenvalue weighted by molar-refractivity contribution is 6.30. The van der Waals surface area contributed by atoms with Crippen LogP contribution in [-0.4, -0.2) is 12.6 Å². The van der Waals surface area contributed by atoms with E-state index in [0.29, 0.717) is 29.3 Å². The van der Waals surface area contributed by atoms with Crippen molar-refractivity contribution in [3.63, 3.8) is 0 Å². The third-order valence-corrected chi connectivity index (χ3v) is 3.13. The van der Waals surface area contributed by atoms with Gasteiger partial charge in [0.15, 0.2) is 0 Å². The molecular formula is C16H15ClFNO2. The van der Waals surface area contributed by atoms with Gasteiger partial charge in [-0.05, 0) is 43.3 Å². The Hall–Kier alpha value is -2.07. The largest absolute Gasteiger partial charge is 0.462 e. The summed E-state index contributed by atoms with van der Waals surface area (Å²) in [6.45, 7) is 2.44. The van der Waals surface area contributed by atoms with Gasteiger partial charge in [-0.25, -0.2) is 9.18 Å². The van der Waals surface area contributed by atoms with Crippen LogP contribution < -0.4 is 5.32 Å². The minimum atomic E-state index is -0.354. The molecule has 0 radical (unpaired) electrons. The van der Waals surface area contributed by atoms with Crippen LogP contribution in [0.2, 0.25) is 5.02 Å². The van der Waals surface area contributed by atoms with Gasteiger partial charge in [0.1, 0.15) is 5.82 Å². The second kappa shape index (κ2) is 7.09. The number of halogens is 2. The van der Waals surface area contributed by atoms with E-state index in [0.717, 1.165) is 5.69 Å². The highest BCUT2D eigenvalue weighted by atomic mass is 35.5. The van der Waals surface area contributed by atoms with Crippen LogP contribution in [0, 0.1) is 5.82 Å². The van der Waals surface area contributed by atoms with E-state index >= 15 is 0 Å². The Kier molecular flexibility index (Phi) is 5.17. The minimum absolute atomic E-state index is 0.335. The fraction of sp³-hybridized carbons (Fsp3) is 0.188. The average Bonchev–Trinajstić information content (AvgIpc) is 2.47. The van der Waals surface area contributed by atoms with Gasteiger partial charge in [0.25, 0.3) is 0 Å². The number of ether oxygens (including phenoxy) is 1. The van der Waals surface area contributed by atoms with E-state index in [-0.39, 0.29) is 11.8 Å². The highest BCUT2D eigenvalue weighted by Gasteiger charge is 2.06. The van der Waals surface area contributed by atoms with Crippen molar-refractivity contribution in [1.82, 2.24) is 0 Å². The molecule has 110 valence electrons. The smallest absolute Gasteiger partial charge is 0.338 e. The van der Waals surface area contributed by atoms with Crippen molar-refractivity contribution in [3.8, 4) is 0 Å². The first-order valence-corrected chi connectivity index (χ1v) is 6.93. The van der Waals surface area contributed by atoms with Gasteiger partial charge in [0, 0.05) is 22.8 Å². The summed E-state index contributed by atoms with van der Waals surface area (Å²) < 4.78 is 18.5. The molecule has 0 aliphatic carbocycles. The van der Waals surface area contributed by atoms with Crippen LogP contribution in [0.3, 0.4) is 0 Å². The number of esters is 1. The summed E-state index contributed by atoms with van der Waals surface area (Å²) in [4.78, 5) is 11.5. The topological polar surface area (TPSA) is 38.3 Å². The summed E-state index contributed by atoms with van der Waals surface area (Å²) >= 11 is 5.70. The van der Waals surface area contributed by atoms with Crippen LogP contribution in [0.25, 0.3) is 0 Å². The van der Waals surface area contributed by atoms with E-state index in [2.05, 4.69) is 5.32 Å². The van der Waals surface area contributed by atoms with Gasteiger partial charge >= 0.3 is 5.97 Å². The molecule has 0 saturated heterocycles. The molecular weight excluding hydrogens is 293 g/mol. The molecule has 0 spiro atoms. The lowest BCUT2D eigenvalue weighted by molar-refractivity contribution is 0.0526. The molecule has 0 heterocycles. The van der Waals surface area contributed by atoms with E-state index in [1.807, 2.05) is 0 Å². The lowest BCUT2D eigenvalue weighted by atomic mass is 10.2. The first-order chi connectivity index (χ1) is 10.1. The third kappa shape index (κ3) is 4.20. The lowest BCUT2D eigenvalue weighted by Gasteiger charge is -2.08. The molecule has 0 atom stereocenters. The lowest BCUT2D eigenvalue weighted by Crippen LogP contribution is -2.05. The molecule has 2 rings (SSSR count). The predicted molar refractivity (Wildman–Crippen MR) is 81.1 cm³/mol. The molecule has 0 aromatic heterocycles. The zero-order chi connectivity index (χ0) is 15.2. The molecule has 0 bridgehead atoms. The Morgan fingerprint density at radius 1 is 1.24 bits per heavy atom. The van der Waals surface area contributed by atoms with Crippen molar-refractivity contribution < 1.29 is 13.9 Å². The van der Waals surface area contributed by atoms with Crippen molar-refractivity contribution in [2.24, 2.45) is 0 Å². The minimum Gasteiger partial charge on any atom is -0.462 e. The maximum Gasteiger partial charge on any atom is 0.338 e. The highest BCUT2D eigenvalue weighted by Crippen LogP contribution is 2.17. The fourth-order valence-corrected chi connectivity index (χ4v) is 1.96. The molecule has 0 aliphatic rings. The van der Waals surface area contributed by atoms with Gasteiger partial charge in [-0.15, -0.1) is 0 Å². The number of hydrogen-bond donors (Lipinski definition) is 1. The Bertz CT molecular complexity index is 629. The van der Waals surface area contributed by atoms with Crippen LogP contribution in [0.1, 0.15) is 22.8 Å². The van der Waals surface area contributed by atoms with Crippen molar-refractivity contribution in [1.29, 1.82) is 0 Å². The van der Waals surface area contributed by atoms with Gasteiger partial charge in [-0.1, -0.05) is 17.7 Å². The molecule has 5 heteroatoms. The van der Waals surface area contributed by atoms with Crippen LogP contribution in [0.15, 0.2) is 42.5 Å². The molecule has 0 aliphatic heterocycles. The Labute approximate surface area is 127 Å². The van der Waals surface area contributed by atoms with Crippen LogP contribution >= 0.6 is 11.6 Å².